The fraction of sp³-hybridized carbons (Fsp3) is 0.625. The minimum absolute atomic E-state index is 1.03. The lowest BCUT2D eigenvalue weighted by Crippen LogP contribution is -2.36. The van der Waals surface area contributed by atoms with Crippen LogP contribution < -0.4 is 0 Å². The van der Waals surface area contributed by atoms with Gasteiger partial charge in [-0.1, -0.05) is 0 Å². The number of aryl methyl sites for hydroxylation is 1. The lowest BCUT2D eigenvalue weighted by molar-refractivity contribution is 0.170. The van der Waals surface area contributed by atoms with E-state index in [1.54, 1.807) is 0 Å². The Balaban J connectivity index is 1.95. The Morgan fingerprint density at radius 3 is 2.82 bits per heavy atom. The fourth-order valence-electron chi connectivity index (χ4n) is 1.32. The molecule has 1 saturated heterocycles. The molecular formula is C8H13N3. The van der Waals surface area contributed by atoms with Gasteiger partial charge in [0.2, 0.25) is 0 Å². The van der Waals surface area contributed by atoms with Crippen LogP contribution in [0.1, 0.15) is 12.1 Å². The van der Waals surface area contributed by atoms with Crippen LogP contribution in [0, 0.1) is 0 Å². The van der Waals surface area contributed by atoms with E-state index < -0.39 is 0 Å². The molecule has 3 heteroatoms. The van der Waals surface area contributed by atoms with Crippen LogP contribution in [0.5, 0.6) is 0 Å². The first-order valence-electron chi connectivity index (χ1n) is 4.05. The molecule has 0 bridgehead atoms. The van der Waals surface area contributed by atoms with E-state index >= 15 is 0 Å². The van der Waals surface area contributed by atoms with Gasteiger partial charge in [0.15, 0.2) is 0 Å². The van der Waals surface area contributed by atoms with Crippen LogP contribution in [0.4, 0.5) is 0 Å². The average Bonchev–Trinajstić information content (AvgIpc) is 2.27. The van der Waals surface area contributed by atoms with E-state index in [2.05, 4.69) is 16.1 Å². The maximum absolute atomic E-state index is 4.31. The first kappa shape index (κ1) is 6.85. The highest BCUT2D eigenvalue weighted by molar-refractivity contribution is 4.99. The maximum atomic E-state index is 4.31. The number of hydrogen-bond donors (Lipinski definition) is 0. The van der Waals surface area contributed by atoms with Gasteiger partial charge in [0.25, 0.3) is 0 Å². The van der Waals surface area contributed by atoms with Crippen LogP contribution in [0.15, 0.2) is 12.3 Å². The third kappa shape index (κ3) is 1.43. The highest BCUT2D eigenvalue weighted by Crippen LogP contribution is 2.09. The van der Waals surface area contributed by atoms with Crippen LogP contribution in [0.25, 0.3) is 0 Å². The number of nitrogens with zero attached hydrogens (tertiary/aromatic N) is 3. The number of hydrogen-bond acceptors (Lipinski definition) is 2. The van der Waals surface area contributed by atoms with Gasteiger partial charge in [-0.3, -0.25) is 9.58 Å². The molecule has 1 aliphatic rings. The summed E-state index contributed by atoms with van der Waals surface area (Å²) in [7, 11) is 1.96. The van der Waals surface area contributed by atoms with Crippen LogP contribution in [-0.2, 0) is 13.6 Å². The van der Waals surface area contributed by atoms with E-state index in [-0.39, 0.29) is 0 Å². The standard InChI is InChI=1S/C8H13N3/c1-10-6-3-8(9-10)7-11-4-2-5-11/h3,6H,2,4-5,7H2,1H3. The van der Waals surface area contributed by atoms with Gasteiger partial charge >= 0.3 is 0 Å². The molecule has 1 aliphatic heterocycles. The molecule has 0 aliphatic carbocycles. The molecule has 60 valence electrons. The Hall–Kier alpha value is -0.830. The summed E-state index contributed by atoms with van der Waals surface area (Å²) >= 11 is 0. The second-order valence-corrected chi connectivity index (χ2v) is 3.11. The average molecular weight is 151 g/mol. The van der Waals surface area contributed by atoms with Crippen molar-refractivity contribution in [2.45, 2.75) is 13.0 Å². The maximum Gasteiger partial charge on any atom is 0.0764 e. The van der Waals surface area contributed by atoms with Gasteiger partial charge in [-0.2, -0.15) is 5.10 Å². The molecule has 2 rings (SSSR count). The Bertz CT molecular complexity index is 237. The van der Waals surface area contributed by atoms with Crippen molar-refractivity contribution < 1.29 is 0 Å². The summed E-state index contributed by atoms with van der Waals surface area (Å²) in [5.74, 6) is 0. The summed E-state index contributed by atoms with van der Waals surface area (Å²) in [6.45, 7) is 3.52. The Kier molecular flexibility index (Phi) is 1.66. The monoisotopic (exact) mass is 151 g/mol. The van der Waals surface area contributed by atoms with Crippen molar-refractivity contribution >= 4 is 0 Å². The molecule has 0 saturated carbocycles. The molecule has 1 fully saturated rings. The molecule has 11 heavy (non-hydrogen) atoms. The smallest absolute Gasteiger partial charge is 0.0764 e. The lowest BCUT2D eigenvalue weighted by atomic mass is 10.2. The van der Waals surface area contributed by atoms with Crippen molar-refractivity contribution in [2.75, 3.05) is 13.1 Å². The van der Waals surface area contributed by atoms with Crippen molar-refractivity contribution in [3.63, 3.8) is 0 Å². The van der Waals surface area contributed by atoms with Gasteiger partial charge < -0.3 is 0 Å². The van der Waals surface area contributed by atoms with Crippen molar-refractivity contribution in [1.29, 1.82) is 0 Å². The first-order chi connectivity index (χ1) is 5.34. The number of rotatable bonds is 2. The predicted octanol–water partition coefficient (Wildman–Crippen LogP) is 0.626. The van der Waals surface area contributed by atoms with Gasteiger partial charge in [0, 0.05) is 19.8 Å². The predicted molar refractivity (Wildman–Crippen MR) is 43.1 cm³/mol. The molecule has 0 unspecified atom stereocenters. The highest BCUT2D eigenvalue weighted by Gasteiger charge is 2.14. The summed E-state index contributed by atoms with van der Waals surface area (Å²) < 4.78 is 1.86. The normalized spacial score (nSPS) is 18.3. The molecular weight excluding hydrogens is 138 g/mol. The molecule has 1 aromatic rings. The number of likely N-dealkylation sites (tertiary alicyclic amines) is 1. The summed E-state index contributed by atoms with van der Waals surface area (Å²) in [6.07, 6.45) is 3.35. The van der Waals surface area contributed by atoms with Crippen LogP contribution in [-0.4, -0.2) is 27.8 Å². The third-order valence-electron chi connectivity index (χ3n) is 2.10. The second-order valence-electron chi connectivity index (χ2n) is 3.11. The van der Waals surface area contributed by atoms with Crippen molar-refractivity contribution in [3.05, 3.63) is 18.0 Å². The summed E-state index contributed by atoms with van der Waals surface area (Å²) in [5, 5.41) is 4.31. The quantitative estimate of drug-likeness (QED) is 0.618. The summed E-state index contributed by atoms with van der Waals surface area (Å²) in [5.41, 5.74) is 1.19. The van der Waals surface area contributed by atoms with Crippen molar-refractivity contribution in [3.8, 4) is 0 Å². The van der Waals surface area contributed by atoms with Crippen molar-refractivity contribution in [2.24, 2.45) is 7.05 Å². The minimum Gasteiger partial charge on any atom is -0.297 e. The lowest BCUT2D eigenvalue weighted by Gasteiger charge is -2.29. The molecule has 2 heterocycles. The van der Waals surface area contributed by atoms with E-state index in [9.17, 15) is 0 Å². The van der Waals surface area contributed by atoms with Crippen LogP contribution in [0.3, 0.4) is 0 Å². The zero-order chi connectivity index (χ0) is 7.68. The van der Waals surface area contributed by atoms with Crippen LogP contribution in [0.2, 0.25) is 0 Å². The van der Waals surface area contributed by atoms with Crippen molar-refractivity contribution in [1.82, 2.24) is 14.7 Å². The molecule has 3 nitrogen and oxygen atoms in total. The van der Waals surface area contributed by atoms with E-state index in [1.807, 2.05) is 17.9 Å². The second kappa shape index (κ2) is 2.66. The highest BCUT2D eigenvalue weighted by atomic mass is 15.3. The van der Waals surface area contributed by atoms with Crippen LogP contribution >= 0.6 is 0 Å². The molecule has 0 spiro atoms. The molecule has 0 N–H and O–H groups in total. The van der Waals surface area contributed by atoms with E-state index in [4.69, 9.17) is 0 Å². The zero-order valence-electron chi connectivity index (χ0n) is 6.82. The fourth-order valence-corrected chi connectivity index (χ4v) is 1.32. The molecule has 1 aromatic heterocycles. The van der Waals surface area contributed by atoms with E-state index in [1.165, 1.54) is 25.2 Å². The van der Waals surface area contributed by atoms with Gasteiger partial charge in [-0.15, -0.1) is 0 Å². The molecule has 0 atom stereocenters. The zero-order valence-corrected chi connectivity index (χ0v) is 6.82. The van der Waals surface area contributed by atoms with E-state index in [0.29, 0.717) is 0 Å². The SMILES string of the molecule is Cn1ccc(CN2CCC2)n1. The molecule has 0 aromatic carbocycles. The minimum atomic E-state index is 1.03. The molecule has 0 radical (unpaired) electrons. The third-order valence-corrected chi connectivity index (χ3v) is 2.10. The van der Waals surface area contributed by atoms with Gasteiger partial charge in [-0.05, 0) is 25.6 Å². The Labute approximate surface area is 66.6 Å². The molecule has 0 amide bonds. The van der Waals surface area contributed by atoms with E-state index in [0.717, 1.165) is 6.54 Å². The first-order valence-corrected chi connectivity index (χ1v) is 4.05. The summed E-state index contributed by atoms with van der Waals surface area (Å²) in [6, 6.07) is 2.08. The summed E-state index contributed by atoms with van der Waals surface area (Å²) in [4.78, 5) is 2.41. The number of aromatic nitrogens is 2. The largest absolute Gasteiger partial charge is 0.297 e. The Morgan fingerprint density at radius 1 is 1.55 bits per heavy atom. The Morgan fingerprint density at radius 2 is 2.36 bits per heavy atom. The van der Waals surface area contributed by atoms with Gasteiger partial charge in [0.05, 0.1) is 5.69 Å². The van der Waals surface area contributed by atoms with Gasteiger partial charge in [0.1, 0.15) is 0 Å². The topological polar surface area (TPSA) is 21.1 Å². The van der Waals surface area contributed by atoms with Gasteiger partial charge in [-0.25, -0.2) is 0 Å².